The third-order valence-corrected chi connectivity index (χ3v) is 4.15. The monoisotopic (exact) mass is 406 g/mol. The van der Waals surface area contributed by atoms with Gasteiger partial charge in [0.15, 0.2) is 28.4 Å². The Bertz CT molecular complexity index is 850. The minimum atomic E-state index is -2.19. The molecule has 0 unspecified atom stereocenters. The maximum Gasteiger partial charge on any atom is 0.200 e. The zero-order valence-electron chi connectivity index (χ0n) is 15.2. The zero-order chi connectivity index (χ0) is 20.5. The van der Waals surface area contributed by atoms with Gasteiger partial charge < -0.3 is 10.6 Å². The summed E-state index contributed by atoms with van der Waals surface area (Å²) in [4.78, 5) is 0. The smallest absolute Gasteiger partial charge is 0.200 e. The van der Waals surface area contributed by atoms with Gasteiger partial charge in [-0.05, 0) is 32.0 Å². The molecular weight excluding hydrogens is 387 g/mol. The number of aromatic nitrogens is 2. The van der Waals surface area contributed by atoms with Crippen molar-refractivity contribution in [3.8, 4) is 0 Å². The number of halogens is 5. The third-order valence-electron chi connectivity index (χ3n) is 3.90. The Hall–Kier alpha value is -2.23. The number of aryl methyl sites for hydroxylation is 1. The van der Waals surface area contributed by atoms with E-state index in [0.717, 1.165) is 4.68 Å². The van der Waals surface area contributed by atoms with Crippen LogP contribution in [0.15, 0.2) is 0 Å². The van der Waals surface area contributed by atoms with E-state index >= 15 is 0 Å². The van der Waals surface area contributed by atoms with Crippen molar-refractivity contribution in [2.24, 2.45) is 5.92 Å². The lowest BCUT2D eigenvalue weighted by Gasteiger charge is -2.13. The lowest BCUT2D eigenvalue weighted by molar-refractivity contribution is 0.366. The Kier molecular flexibility index (Phi) is 6.40. The first-order valence-corrected chi connectivity index (χ1v) is 8.54. The molecule has 2 rings (SSSR count). The van der Waals surface area contributed by atoms with Crippen LogP contribution in [0.1, 0.15) is 30.8 Å². The van der Waals surface area contributed by atoms with Gasteiger partial charge in [0, 0.05) is 6.54 Å². The molecule has 0 aliphatic heterocycles. The maximum absolute atomic E-state index is 13.9. The molecule has 27 heavy (non-hydrogen) atoms. The Morgan fingerprint density at radius 1 is 1.00 bits per heavy atom. The number of anilines is 1. The lowest BCUT2D eigenvalue weighted by atomic mass is 10.1. The molecule has 1 heterocycles. The summed E-state index contributed by atoms with van der Waals surface area (Å²) in [6.45, 7) is 7.27. The van der Waals surface area contributed by atoms with E-state index in [1.807, 2.05) is 13.8 Å². The molecule has 0 saturated heterocycles. The summed E-state index contributed by atoms with van der Waals surface area (Å²) in [5.41, 5.74) is 0.444. The first-order valence-electron chi connectivity index (χ1n) is 8.13. The minimum absolute atomic E-state index is 0.339. The molecule has 0 spiro atoms. The molecule has 1 aromatic heterocycles. The molecule has 0 aliphatic rings. The van der Waals surface area contributed by atoms with Crippen molar-refractivity contribution in [2.75, 3.05) is 11.9 Å². The molecule has 2 N–H and O–H groups in total. The van der Waals surface area contributed by atoms with Crippen LogP contribution in [0, 0.1) is 48.9 Å². The highest BCUT2D eigenvalue weighted by Gasteiger charge is 2.26. The fraction of sp³-hybridized carbons (Fsp3) is 0.412. The zero-order valence-corrected chi connectivity index (χ0v) is 16.0. The van der Waals surface area contributed by atoms with Crippen LogP contribution < -0.4 is 10.6 Å². The summed E-state index contributed by atoms with van der Waals surface area (Å²) in [7, 11) is 0. The SMILES string of the molecule is Cc1nn(Cc2c(F)c(F)c(F)c(F)c2F)c(C)c1NC(=S)NCC(C)C. The highest BCUT2D eigenvalue weighted by atomic mass is 32.1. The van der Waals surface area contributed by atoms with Gasteiger partial charge >= 0.3 is 0 Å². The highest BCUT2D eigenvalue weighted by Crippen LogP contribution is 2.26. The first kappa shape index (κ1) is 21.1. The third kappa shape index (κ3) is 4.37. The van der Waals surface area contributed by atoms with Crippen molar-refractivity contribution >= 4 is 23.0 Å². The van der Waals surface area contributed by atoms with Crippen molar-refractivity contribution in [3.63, 3.8) is 0 Å². The van der Waals surface area contributed by atoms with Crippen LogP contribution in [-0.2, 0) is 6.54 Å². The quantitative estimate of drug-likeness (QED) is 0.338. The molecule has 10 heteroatoms. The summed E-state index contributed by atoms with van der Waals surface area (Å²) in [6, 6.07) is 0. The minimum Gasteiger partial charge on any atom is -0.362 e. The Morgan fingerprint density at radius 3 is 2.04 bits per heavy atom. The van der Waals surface area contributed by atoms with Gasteiger partial charge in [0.1, 0.15) is 0 Å². The number of nitrogens with one attached hydrogen (secondary N) is 2. The first-order chi connectivity index (χ1) is 12.5. The van der Waals surface area contributed by atoms with Gasteiger partial charge in [-0.2, -0.15) is 5.10 Å². The van der Waals surface area contributed by atoms with E-state index in [1.165, 1.54) is 0 Å². The van der Waals surface area contributed by atoms with E-state index in [4.69, 9.17) is 12.2 Å². The molecule has 0 atom stereocenters. The van der Waals surface area contributed by atoms with E-state index in [2.05, 4.69) is 15.7 Å². The molecule has 0 bridgehead atoms. The van der Waals surface area contributed by atoms with Crippen molar-refractivity contribution in [1.29, 1.82) is 0 Å². The second kappa shape index (κ2) is 8.20. The molecule has 0 aliphatic carbocycles. The van der Waals surface area contributed by atoms with Crippen molar-refractivity contribution in [3.05, 3.63) is 46.0 Å². The molecule has 0 saturated carbocycles. The topological polar surface area (TPSA) is 41.9 Å². The van der Waals surface area contributed by atoms with Crippen LogP contribution in [0.2, 0.25) is 0 Å². The molecule has 0 fully saturated rings. The summed E-state index contributed by atoms with van der Waals surface area (Å²) in [5.74, 6) is -9.54. The normalized spacial score (nSPS) is 11.2. The number of hydrogen-bond donors (Lipinski definition) is 2. The van der Waals surface area contributed by atoms with Crippen molar-refractivity contribution in [2.45, 2.75) is 34.2 Å². The summed E-state index contributed by atoms with van der Waals surface area (Å²) >= 11 is 5.18. The number of rotatable bonds is 5. The fourth-order valence-corrected chi connectivity index (χ4v) is 2.61. The van der Waals surface area contributed by atoms with Crippen LogP contribution in [-0.4, -0.2) is 21.4 Å². The molecule has 0 amide bonds. The average Bonchev–Trinajstić information content (AvgIpc) is 2.87. The highest BCUT2D eigenvalue weighted by molar-refractivity contribution is 7.80. The van der Waals surface area contributed by atoms with Crippen LogP contribution in [0.5, 0.6) is 0 Å². The van der Waals surface area contributed by atoms with E-state index in [1.54, 1.807) is 13.8 Å². The Balaban J connectivity index is 2.31. The van der Waals surface area contributed by atoms with Gasteiger partial charge in [0.25, 0.3) is 0 Å². The molecule has 2 aromatic rings. The van der Waals surface area contributed by atoms with E-state index < -0.39 is 41.2 Å². The summed E-state index contributed by atoms with van der Waals surface area (Å²) in [5, 5.41) is 10.4. The average molecular weight is 406 g/mol. The van der Waals surface area contributed by atoms with Crippen LogP contribution in [0.3, 0.4) is 0 Å². The van der Waals surface area contributed by atoms with Crippen LogP contribution in [0.25, 0.3) is 0 Å². The predicted molar refractivity (Wildman–Crippen MR) is 96.1 cm³/mol. The summed E-state index contributed by atoms with van der Waals surface area (Å²) < 4.78 is 68.9. The molecule has 4 nitrogen and oxygen atoms in total. The number of thiocarbonyl (C=S) groups is 1. The predicted octanol–water partition coefficient (Wildman–Crippen LogP) is 4.19. The number of hydrogen-bond acceptors (Lipinski definition) is 2. The van der Waals surface area contributed by atoms with Gasteiger partial charge in [0.2, 0.25) is 5.82 Å². The van der Waals surface area contributed by atoms with Crippen molar-refractivity contribution in [1.82, 2.24) is 15.1 Å². The Morgan fingerprint density at radius 2 is 1.52 bits per heavy atom. The fourth-order valence-electron chi connectivity index (χ4n) is 2.43. The van der Waals surface area contributed by atoms with Gasteiger partial charge in [-0.25, -0.2) is 22.0 Å². The van der Waals surface area contributed by atoms with Crippen molar-refractivity contribution < 1.29 is 22.0 Å². The van der Waals surface area contributed by atoms with Gasteiger partial charge in [-0.1, -0.05) is 13.8 Å². The van der Waals surface area contributed by atoms with E-state index in [0.29, 0.717) is 34.7 Å². The lowest BCUT2D eigenvalue weighted by Crippen LogP contribution is -2.31. The molecular formula is C17H19F5N4S. The van der Waals surface area contributed by atoms with E-state index in [9.17, 15) is 22.0 Å². The number of nitrogens with zero attached hydrogens (tertiary/aromatic N) is 2. The van der Waals surface area contributed by atoms with Crippen LogP contribution in [0.4, 0.5) is 27.6 Å². The van der Waals surface area contributed by atoms with Gasteiger partial charge in [0.05, 0.1) is 29.2 Å². The Labute approximate surface area is 158 Å². The van der Waals surface area contributed by atoms with Gasteiger partial charge in [-0.3, -0.25) is 4.68 Å². The summed E-state index contributed by atoms with van der Waals surface area (Å²) in [6.07, 6.45) is 0. The van der Waals surface area contributed by atoms with E-state index in [-0.39, 0.29) is 0 Å². The standard InChI is InChI=1S/C17H19F5N4S/c1-7(2)5-23-17(27)24-16-8(3)25-26(9(16)4)6-10-11(18)13(20)15(22)14(21)12(10)19/h7H,5-6H2,1-4H3,(H2,23,24,27). The maximum atomic E-state index is 13.9. The number of benzene rings is 1. The largest absolute Gasteiger partial charge is 0.362 e. The van der Waals surface area contributed by atoms with Crippen LogP contribution >= 0.6 is 12.2 Å². The van der Waals surface area contributed by atoms with Gasteiger partial charge in [-0.15, -0.1) is 0 Å². The second-order valence-electron chi connectivity index (χ2n) is 6.48. The molecule has 0 radical (unpaired) electrons. The molecule has 148 valence electrons. The molecule has 1 aromatic carbocycles. The second-order valence-corrected chi connectivity index (χ2v) is 6.89.